The maximum Gasteiger partial charge on any atom is 0.415 e. The molecule has 1 aromatic carbocycles. The lowest BCUT2D eigenvalue weighted by Gasteiger charge is -2.19. The van der Waals surface area contributed by atoms with Gasteiger partial charge in [-0.1, -0.05) is 6.07 Å². The molecule has 3 nitrogen and oxygen atoms in total. The molecule has 0 saturated carbocycles. The summed E-state index contributed by atoms with van der Waals surface area (Å²) >= 11 is 3.31. The van der Waals surface area contributed by atoms with Crippen LogP contribution in [0.4, 0.5) is 13.2 Å². The Morgan fingerprint density at radius 3 is 2.53 bits per heavy atom. The third kappa shape index (κ3) is 4.67. The van der Waals surface area contributed by atoms with Gasteiger partial charge in [-0.15, -0.1) is 0 Å². The van der Waals surface area contributed by atoms with Gasteiger partial charge in [-0.25, -0.2) is 0 Å². The summed E-state index contributed by atoms with van der Waals surface area (Å²) in [4.78, 5) is 0. The predicted molar refractivity (Wildman–Crippen MR) is 69.2 cm³/mol. The van der Waals surface area contributed by atoms with Crippen molar-refractivity contribution in [3.8, 4) is 5.75 Å². The van der Waals surface area contributed by atoms with Gasteiger partial charge in [0.15, 0.2) is 6.10 Å². The highest BCUT2D eigenvalue weighted by atomic mass is 79.9. The number of nitrogens with one attached hydrogen (secondary N) is 1. The minimum absolute atomic E-state index is 0.320. The van der Waals surface area contributed by atoms with Crippen LogP contribution in [0.2, 0.25) is 0 Å². The van der Waals surface area contributed by atoms with Crippen LogP contribution in [0.15, 0.2) is 22.7 Å². The quantitative estimate of drug-likeness (QED) is 0.864. The number of hydrogen-bond acceptors (Lipinski definition) is 3. The minimum Gasteiger partial charge on any atom is -0.496 e. The Balaban J connectivity index is 2.64. The number of rotatable bonds is 5. The van der Waals surface area contributed by atoms with Crippen molar-refractivity contribution in [1.82, 2.24) is 5.32 Å². The number of hydrogen-bond donors (Lipinski definition) is 2. The third-order valence-electron chi connectivity index (χ3n) is 2.67. The van der Waals surface area contributed by atoms with Crippen molar-refractivity contribution in [3.63, 3.8) is 0 Å². The lowest BCUT2D eigenvalue weighted by atomic mass is 10.1. The second-order valence-corrected chi connectivity index (χ2v) is 4.94. The summed E-state index contributed by atoms with van der Waals surface area (Å²) in [7, 11) is 1.53. The number of benzene rings is 1. The molecule has 0 aliphatic rings. The van der Waals surface area contributed by atoms with Gasteiger partial charge in [0, 0.05) is 12.6 Å². The molecule has 0 fully saturated rings. The average Bonchev–Trinajstić information content (AvgIpc) is 2.34. The Kier molecular flexibility index (Phi) is 5.64. The molecule has 0 bridgehead atoms. The molecule has 1 aromatic rings. The lowest BCUT2D eigenvalue weighted by Crippen LogP contribution is -2.39. The first kappa shape index (κ1) is 16.3. The van der Waals surface area contributed by atoms with E-state index in [0.717, 1.165) is 10.0 Å². The number of methoxy groups -OCH3 is 1. The fraction of sp³-hybridized carbons (Fsp3) is 0.500. The molecule has 0 radical (unpaired) electrons. The molecule has 0 heterocycles. The Labute approximate surface area is 117 Å². The largest absolute Gasteiger partial charge is 0.496 e. The van der Waals surface area contributed by atoms with Gasteiger partial charge in [0.25, 0.3) is 0 Å². The number of alkyl halides is 3. The van der Waals surface area contributed by atoms with Crippen molar-refractivity contribution in [1.29, 1.82) is 0 Å². The fourth-order valence-corrected chi connectivity index (χ4v) is 2.03. The molecule has 2 unspecified atom stereocenters. The van der Waals surface area contributed by atoms with E-state index >= 15 is 0 Å². The first-order valence-electron chi connectivity index (χ1n) is 5.57. The highest BCUT2D eigenvalue weighted by Gasteiger charge is 2.37. The second kappa shape index (κ2) is 6.58. The molecule has 0 aromatic heterocycles. The van der Waals surface area contributed by atoms with E-state index in [4.69, 9.17) is 9.84 Å². The molecular weight excluding hydrogens is 327 g/mol. The van der Waals surface area contributed by atoms with Crippen LogP contribution >= 0.6 is 15.9 Å². The first-order valence-corrected chi connectivity index (χ1v) is 6.36. The Morgan fingerprint density at radius 1 is 1.42 bits per heavy atom. The molecule has 2 atom stereocenters. The van der Waals surface area contributed by atoms with Crippen LogP contribution in [0.1, 0.15) is 18.5 Å². The van der Waals surface area contributed by atoms with Crippen LogP contribution in [-0.2, 0) is 0 Å². The zero-order chi connectivity index (χ0) is 14.6. The van der Waals surface area contributed by atoms with E-state index in [2.05, 4.69) is 21.2 Å². The van der Waals surface area contributed by atoms with E-state index in [9.17, 15) is 13.2 Å². The van der Waals surface area contributed by atoms with E-state index < -0.39 is 18.8 Å². The van der Waals surface area contributed by atoms with E-state index in [0.29, 0.717) is 5.75 Å². The summed E-state index contributed by atoms with van der Waals surface area (Å²) in [6.07, 6.45) is -6.97. The summed E-state index contributed by atoms with van der Waals surface area (Å²) < 4.78 is 42.2. The van der Waals surface area contributed by atoms with Crippen LogP contribution in [0.5, 0.6) is 5.75 Å². The van der Waals surface area contributed by atoms with Gasteiger partial charge in [-0.3, -0.25) is 0 Å². The smallest absolute Gasteiger partial charge is 0.415 e. The Hall–Kier alpha value is -0.790. The monoisotopic (exact) mass is 341 g/mol. The van der Waals surface area contributed by atoms with Gasteiger partial charge >= 0.3 is 6.18 Å². The van der Waals surface area contributed by atoms with Crippen LogP contribution in [0.25, 0.3) is 0 Å². The number of aliphatic hydroxyl groups excluding tert-OH is 1. The molecule has 0 spiro atoms. The molecule has 7 heteroatoms. The van der Waals surface area contributed by atoms with Crippen LogP contribution in [0.3, 0.4) is 0 Å². The Bertz CT molecular complexity index is 426. The maximum absolute atomic E-state index is 12.2. The van der Waals surface area contributed by atoms with Crippen LogP contribution in [-0.4, -0.2) is 31.0 Å². The van der Waals surface area contributed by atoms with Crippen LogP contribution < -0.4 is 10.1 Å². The Morgan fingerprint density at radius 2 is 2.05 bits per heavy atom. The van der Waals surface area contributed by atoms with Crippen molar-refractivity contribution in [2.24, 2.45) is 0 Å². The summed E-state index contributed by atoms with van der Waals surface area (Å²) in [5.41, 5.74) is 0.794. The summed E-state index contributed by atoms with van der Waals surface area (Å²) in [6.45, 7) is 1.17. The van der Waals surface area contributed by atoms with Gasteiger partial charge in [-0.05, 0) is 40.5 Å². The van der Waals surface area contributed by atoms with Crippen molar-refractivity contribution < 1.29 is 23.0 Å². The number of ether oxygens (including phenoxy) is 1. The van der Waals surface area contributed by atoms with Crippen molar-refractivity contribution >= 4 is 15.9 Å². The molecule has 108 valence electrons. The molecular formula is C12H15BrF3NO2. The zero-order valence-corrected chi connectivity index (χ0v) is 12.0. The van der Waals surface area contributed by atoms with Crippen LogP contribution in [0, 0.1) is 0 Å². The predicted octanol–water partition coefficient (Wildman–Crippen LogP) is 3.03. The first-order chi connectivity index (χ1) is 8.75. The number of halogens is 4. The fourth-order valence-electron chi connectivity index (χ4n) is 1.47. The molecule has 2 N–H and O–H groups in total. The van der Waals surface area contributed by atoms with Gasteiger partial charge in [0.1, 0.15) is 5.75 Å². The maximum atomic E-state index is 12.2. The molecule has 0 saturated heterocycles. The van der Waals surface area contributed by atoms with Gasteiger partial charge in [0.05, 0.1) is 11.6 Å². The molecule has 19 heavy (non-hydrogen) atoms. The van der Waals surface area contributed by atoms with Crippen molar-refractivity contribution in [2.45, 2.75) is 25.2 Å². The van der Waals surface area contributed by atoms with Gasteiger partial charge < -0.3 is 15.2 Å². The molecule has 0 aliphatic carbocycles. The molecule has 0 aliphatic heterocycles. The van der Waals surface area contributed by atoms with E-state index in [1.54, 1.807) is 25.1 Å². The number of aliphatic hydroxyl groups is 1. The van der Waals surface area contributed by atoms with Crippen molar-refractivity contribution in [3.05, 3.63) is 28.2 Å². The minimum atomic E-state index is -4.60. The highest BCUT2D eigenvalue weighted by Crippen LogP contribution is 2.28. The van der Waals surface area contributed by atoms with E-state index in [1.165, 1.54) is 7.11 Å². The zero-order valence-electron chi connectivity index (χ0n) is 10.5. The van der Waals surface area contributed by atoms with E-state index in [-0.39, 0.29) is 6.04 Å². The second-order valence-electron chi connectivity index (χ2n) is 4.08. The average molecular weight is 342 g/mol. The lowest BCUT2D eigenvalue weighted by molar-refractivity contribution is -0.202. The SMILES string of the molecule is COc1ccc(C(C)NCC(O)C(F)(F)F)cc1Br. The standard InChI is InChI=1S/C12H15BrF3NO2/c1-7(17-6-11(18)12(14,15)16)8-3-4-10(19-2)9(13)5-8/h3-5,7,11,17-18H,6H2,1-2H3. The highest BCUT2D eigenvalue weighted by molar-refractivity contribution is 9.10. The van der Waals surface area contributed by atoms with E-state index in [1.807, 2.05) is 0 Å². The summed E-state index contributed by atoms with van der Waals surface area (Å²) in [6, 6.07) is 4.91. The summed E-state index contributed by atoms with van der Waals surface area (Å²) in [5, 5.41) is 11.5. The topological polar surface area (TPSA) is 41.5 Å². The molecule has 1 rings (SSSR count). The van der Waals surface area contributed by atoms with Crippen molar-refractivity contribution in [2.75, 3.05) is 13.7 Å². The van der Waals surface area contributed by atoms with Gasteiger partial charge in [-0.2, -0.15) is 13.2 Å². The molecule has 0 amide bonds. The third-order valence-corrected chi connectivity index (χ3v) is 3.29. The normalized spacial score (nSPS) is 15.1. The van der Waals surface area contributed by atoms with Gasteiger partial charge in [0.2, 0.25) is 0 Å². The summed E-state index contributed by atoms with van der Waals surface area (Å²) in [5.74, 6) is 0.645.